The van der Waals surface area contributed by atoms with E-state index >= 15 is 0 Å². The number of methoxy groups -OCH3 is 1. The topological polar surface area (TPSA) is 76.2 Å². The Hall–Kier alpha value is -2.18. The second-order valence-electron chi connectivity index (χ2n) is 5.64. The van der Waals surface area contributed by atoms with Crippen molar-refractivity contribution in [3.05, 3.63) is 41.7 Å². The van der Waals surface area contributed by atoms with E-state index in [1.807, 2.05) is 37.3 Å². The standard InChI is InChI=1S/C17H21N3O3/c1-11-15(20-16(18-11)12-6-4-3-5-7-12)17(21)19-13-10-23-9-8-14(13)22-2/h3-7,13-14H,8-10H2,1-2H3,(H,18,20)(H,19,21)/t13-,14-/m1/s1. The van der Waals surface area contributed by atoms with Crippen LogP contribution in [0.1, 0.15) is 22.6 Å². The van der Waals surface area contributed by atoms with Crippen molar-refractivity contribution < 1.29 is 14.3 Å². The van der Waals surface area contributed by atoms with Gasteiger partial charge in [-0.25, -0.2) is 4.98 Å². The zero-order chi connectivity index (χ0) is 16.2. The second kappa shape index (κ2) is 6.93. The Bertz CT molecular complexity index is 669. The summed E-state index contributed by atoms with van der Waals surface area (Å²) in [5, 5.41) is 2.97. The molecule has 23 heavy (non-hydrogen) atoms. The minimum absolute atomic E-state index is 0.0273. The summed E-state index contributed by atoms with van der Waals surface area (Å²) in [6.45, 7) is 2.96. The molecule has 0 unspecified atom stereocenters. The van der Waals surface area contributed by atoms with Crippen molar-refractivity contribution in [3.8, 4) is 11.4 Å². The lowest BCUT2D eigenvalue weighted by molar-refractivity contribution is -0.0349. The maximum absolute atomic E-state index is 12.5. The van der Waals surface area contributed by atoms with Gasteiger partial charge in [-0.05, 0) is 13.3 Å². The number of carbonyl (C=O) groups excluding carboxylic acids is 1. The number of aromatic nitrogens is 2. The monoisotopic (exact) mass is 315 g/mol. The van der Waals surface area contributed by atoms with Crippen molar-refractivity contribution >= 4 is 5.91 Å². The largest absolute Gasteiger partial charge is 0.379 e. The van der Waals surface area contributed by atoms with Crippen LogP contribution in [0.2, 0.25) is 0 Å². The molecule has 0 bridgehead atoms. The molecule has 2 heterocycles. The highest BCUT2D eigenvalue weighted by molar-refractivity contribution is 5.94. The van der Waals surface area contributed by atoms with E-state index in [-0.39, 0.29) is 18.1 Å². The Morgan fingerprint density at radius 2 is 2.17 bits per heavy atom. The summed E-state index contributed by atoms with van der Waals surface area (Å²) in [4.78, 5) is 20.2. The molecule has 0 spiro atoms. The highest BCUT2D eigenvalue weighted by atomic mass is 16.5. The molecule has 0 saturated carbocycles. The smallest absolute Gasteiger partial charge is 0.272 e. The first-order valence-electron chi connectivity index (χ1n) is 7.72. The van der Waals surface area contributed by atoms with Gasteiger partial charge in [-0.2, -0.15) is 0 Å². The van der Waals surface area contributed by atoms with Gasteiger partial charge in [0.1, 0.15) is 11.5 Å². The Labute approximate surface area is 135 Å². The number of ether oxygens (including phenoxy) is 2. The molecule has 0 aliphatic carbocycles. The molecule has 2 aromatic rings. The van der Waals surface area contributed by atoms with E-state index in [4.69, 9.17) is 9.47 Å². The summed E-state index contributed by atoms with van der Waals surface area (Å²) < 4.78 is 10.9. The molecule has 2 N–H and O–H groups in total. The zero-order valence-electron chi connectivity index (χ0n) is 13.3. The Morgan fingerprint density at radius 1 is 1.39 bits per heavy atom. The van der Waals surface area contributed by atoms with E-state index in [1.165, 1.54) is 0 Å². The SMILES string of the molecule is CO[C@@H]1CCOC[C@H]1NC(=O)c1nc(-c2ccccc2)[nH]c1C. The number of carbonyl (C=O) groups is 1. The van der Waals surface area contributed by atoms with E-state index in [9.17, 15) is 4.79 Å². The van der Waals surface area contributed by atoms with Gasteiger partial charge >= 0.3 is 0 Å². The second-order valence-corrected chi connectivity index (χ2v) is 5.64. The van der Waals surface area contributed by atoms with Gasteiger partial charge < -0.3 is 19.8 Å². The normalized spacial score (nSPS) is 21.1. The molecule has 1 aliphatic rings. The van der Waals surface area contributed by atoms with Crippen LogP contribution >= 0.6 is 0 Å². The van der Waals surface area contributed by atoms with Gasteiger partial charge in [0.25, 0.3) is 5.91 Å². The molecule has 6 nitrogen and oxygen atoms in total. The van der Waals surface area contributed by atoms with Crippen LogP contribution in [0.5, 0.6) is 0 Å². The van der Waals surface area contributed by atoms with Gasteiger partial charge in [0.05, 0.1) is 18.8 Å². The van der Waals surface area contributed by atoms with Crippen LogP contribution in [0.3, 0.4) is 0 Å². The third kappa shape index (κ3) is 3.43. The number of hydrogen-bond donors (Lipinski definition) is 2. The summed E-state index contributed by atoms with van der Waals surface area (Å²) in [5.74, 6) is 0.481. The molecule has 1 saturated heterocycles. The van der Waals surface area contributed by atoms with Crippen molar-refractivity contribution in [3.63, 3.8) is 0 Å². The summed E-state index contributed by atoms with van der Waals surface area (Å²) in [7, 11) is 1.66. The molecule has 2 atom stereocenters. The number of aromatic amines is 1. The van der Waals surface area contributed by atoms with E-state index in [0.29, 0.717) is 24.7 Å². The maximum Gasteiger partial charge on any atom is 0.272 e. The number of H-pyrrole nitrogens is 1. The molecule has 0 radical (unpaired) electrons. The zero-order valence-corrected chi connectivity index (χ0v) is 13.3. The first kappa shape index (κ1) is 15.7. The number of rotatable bonds is 4. The number of amides is 1. The Kier molecular flexibility index (Phi) is 4.73. The Morgan fingerprint density at radius 3 is 2.91 bits per heavy atom. The molecule has 1 fully saturated rings. The van der Waals surface area contributed by atoms with Crippen LogP contribution < -0.4 is 5.32 Å². The van der Waals surface area contributed by atoms with Crippen LogP contribution in [-0.4, -0.2) is 48.3 Å². The van der Waals surface area contributed by atoms with E-state index < -0.39 is 0 Å². The van der Waals surface area contributed by atoms with E-state index in [1.54, 1.807) is 7.11 Å². The summed E-state index contributed by atoms with van der Waals surface area (Å²) in [6, 6.07) is 9.58. The first-order valence-corrected chi connectivity index (χ1v) is 7.72. The molecule has 1 aromatic carbocycles. The van der Waals surface area contributed by atoms with Crippen LogP contribution in [0.25, 0.3) is 11.4 Å². The maximum atomic E-state index is 12.5. The van der Waals surface area contributed by atoms with Gasteiger partial charge in [0.15, 0.2) is 0 Å². The van der Waals surface area contributed by atoms with Crippen molar-refractivity contribution in [1.29, 1.82) is 0 Å². The molecule has 1 aromatic heterocycles. The summed E-state index contributed by atoms with van der Waals surface area (Å²) in [6.07, 6.45) is 0.747. The highest BCUT2D eigenvalue weighted by Crippen LogP contribution is 2.18. The van der Waals surface area contributed by atoms with Gasteiger partial charge in [0, 0.05) is 25.0 Å². The predicted molar refractivity (Wildman–Crippen MR) is 86.2 cm³/mol. The van der Waals surface area contributed by atoms with Crippen molar-refractivity contribution in [2.45, 2.75) is 25.5 Å². The number of nitrogens with one attached hydrogen (secondary N) is 2. The lowest BCUT2D eigenvalue weighted by Gasteiger charge is -2.30. The van der Waals surface area contributed by atoms with Gasteiger partial charge in [-0.3, -0.25) is 4.79 Å². The summed E-state index contributed by atoms with van der Waals surface area (Å²) in [5.41, 5.74) is 2.10. The van der Waals surface area contributed by atoms with Crippen LogP contribution in [0.4, 0.5) is 0 Å². The fraction of sp³-hybridized carbons (Fsp3) is 0.412. The van der Waals surface area contributed by atoms with Gasteiger partial charge in [-0.1, -0.05) is 30.3 Å². The average Bonchev–Trinajstić information content (AvgIpc) is 2.98. The minimum atomic E-state index is -0.210. The number of hydrogen-bond acceptors (Lipinski definition) is 4. The molecule has 6 heteroatoms. The van der Waals surface area contributed by atoms with Gasteiger partial charge in [0.2, 0.25) is 0 Å². The average molecular weight is 315 g/mol. The predicted octanol–water partition coefficient (Wildman–Crippen LogP) is 1.92. The Balaban J connectivity index is 1.76. The number of benzene rings is 1. The third-order valence-electron chi connectivity index (χ3n) is 4.06. The molecular weight excluding hydrogens is 294 g/mol. The van der Waals surface area contributed by atoms with E-state index in [2.05, 4.69) is 15.3 Å². The van der Waals surface area contributed by atoms with Crippen molar-refractivity contribution in [1.82, 2.24) is 15.3 Å². The minimum Gasteiger partial charge on any atom is -0.379 e. The molecular formula is C17H21N3O3. The fourth-order valence-corrected chi connectivity index (χ4v) is 2.79. The van der Waals surface area contributed by atoms with Gasteiger partial charge in [-0.15, -0.1) is 0 Å². The first-order chi connectivity index (χ1) is 11.2. The molecule has 1 aliphatic heterocycles. The van der Waals surface area contributed by atoms with Crippen LogP contribution in [-0.2, 0) is 9.47 Å². The highest BCUT2D eigenvalue weighted by Gasteiger charge is 2.28. The number of nitrogens with zero attached hydrogens (tertiary/aromatic N) is 1. The lowest BCUT2D eigenvalue weighted by atomic mass is 10.1. The molecule has 122 valence electrons. The molecule has 3 rings (SSSR count). The summed E-state index contributed by atoms with van der Waals surface area (Å²) >= 11 is 0. The van der Waals surface area contributed by atoms with Crippen molar-refractivity contribution in [2.75, 3.05) is 20.3 Å². The molecule has 1 amide bonds. The lowest BCUT2D eigenvalue weighted by Crippen LogP contribution is -2.50. The number of imidazole rings is 1. The quantitative estimate of drug-likeness (QED) is 0.904. The van der Waals surface area contributed by atoms with Crippen LogP contribution in [0.15, 0.2) is 30.3 Å². The number of aryl methyl sites for hydroxylation is 1. The third-order valence-corrected chi connectivity index (χ3v) is 4.06. The van der Waals surface area contributed by atoms with Crippen molar-refractivity contribution in [2.24, 2.45) is 0 Å². The fourth-order valence-electron chi connectivity index (χ4n) is 2.79. The van der Waals surface area contributed by atoms with Crippen LogP contribution in [0, 0.1) is 6.92 Å². The van der Waals surface area contributed by atoms with E-state index in [0.717, 1.165) is 17.7 Å².